The Morgan fingerprint density at radius 2 is 1.90 bits per heavy atom. The summed E-state index contributed by atoms with van der Waals surface area (Å²) in [6.45, 7) is 0. The van der Waals surface area contributed by atoms with Gasteiger partial charge < -0.3 is 14.6 Å². The van der Waals surface area contributed by atoms with E-state index < -0.39 is 30.3 Å². The average molecular weight is 452 g/mol. The molecular weight excluding hydrogens is 438 g/mol. The van der Waals surface area contributed by atoms with Crippen molar-refractivity contribution in [2.24, 2.45) is 0 Å². The highest BCUT2D eigenvalue weighted by Crippen LogP contribution is 2.35. The van der Waals surface area contributed by atoms with Gasteiger partial charge in [0.25, 0.3) is 5.91 Å². The van der Waals surface area contributed by atoms with Crippen molar-refractivity contribution in [3.63, 3.8) is 0 Å². The van der Waals surface area contributed by atoms with E-state index in [1.807, 2.05) is 0 Å². The minimum atomic E-state index is -1.34. The van der Waals surface area contributed by atoms with Gasteiger partial charge in [0.15, 0.2) is 0 Å². The summed E-state index contributed by atoms with van der Waals surface area (Å²) in [5.41, 5.74) is 0.807. The Labute approximate surface area is 179 Å². The smallest absolute Gasteiger partial charge is 0.326 e. The number of carboxylic acids is 2. The van der Waals surface area contributed by atoms with Crippen LogP contribution in [0.3, 0.4) is 0 Å². The first kappa shape index (κ1) is 21.1. The van der Waals surface area contributed by atoms with Gasteiger partial charge in [-0.2, -0.15) is 0 Å². The number of nitrogens with zero attached hydrogens (tertiary/aromatic N) is 1. The molecular formula is C19H14ClNO6S2. The molecule has 3 rings (SSSR count). The molecule has 1 atom stereocenters. The van der Waals surface area contributed by atoms with E-state index in [0.717, 1.165) is 22.2 Å². The first-order valence-corrected chi connectivity index (χ1v) is 9.94. The van der Waals surface area contributed by atoms with Crippen LogP contribution in [0.1, 0.15) is 18.6 Å². The zero-order valence-electron chi connectivity index (χ0n) is 14.7. The van der Waals surface area contributed by atoms with Crippen molar-refractivity contribution in [2.75, 3.05) is 0 Å². The maximum Gasteiger partial charge on any atom is 0.326 e. The number of carbonyl (C=O) groups excluding carboxylic acids is 1. The third-order valence-corrected chi connectivity index (χ3v) is 5.66. The molecule has 10 heteroatoms. The fourth-order valence-corrected chi connectivity index (χ4v) is 4.16. The molecule has 1 unspecified atom stereocenters. The Hall–Kier alpha value is -2.62. The molecule has 1 fully saturated rings. The Morgan fingerprint density at radius 1 is 1.21 bits per heavy atom. The predicted molar refractivity (Wildman–Crippen MR) is 112 cm³/mol. The Morgan fingerprint density at radius 3 is 2.52 bits per heavy atom. The Balaban J connectivity index is 1.81. The summed E-state index contributed by atoms with van der Waals surface area (Å²) >= 11 is 12.0. The maximum absolute atomic E-state index is 12.7. The molecule has 150 valence electrons. The van der Waals surface area contributed by atoms with Crippen LogP contribution in [-0.4, -0.2) is 43.3 Å². The third-order valence-electron chi connectivity index (χ3n) is 4.08. The maximum atomic E-state index is 12.7. The molecule has 0 aliphatic carbocycles. The van der Waals surface area contributed by atoms with E-state index in [-0.39, 0.29) is 15.6 Å². The Kier molecular flexibility index (Phi) is 6.41. The lowest BCUT2D eigenvalue weighted by molar-refractivity contribution is -0.146. The van der Waals surface area contributed by atoms with Gasteiger partial charge in [-0.1, -0.05) is 35.6 Å². The summed E-state index contributed by atoms with van der Waals surface area (Å²) in [4.78, 5) is 36.2. The topological polar surface area (TPSA) is 108 Å². The van der Waals surface area contributed by atoms with Crippen molar-refractivity contribution >= 4 is 63.8 Å². The second kappa shape index (κ2) is 8.81. The number of rotatable bonds is 7. The second-order valence-electron chi connectivity index (χ2n) is 6.05. The van der Waals surface area contributed by atoms with Crippen LogP contribution in [0.15, 0.2) is 45.7 Å². The van der Waals surface area contributed by atoms with Gasteiger partial charge in [-0.05, 0) is 42.8 Å². The summed E-state index contributed by atoms with van der Waals surface area (Å²) in [7, 11) is 0. The zero-order chi connectivity index (χ0) is 21.1. The number of carboxylic acid groups (broad SMARTS) is 2. The monoisotopic (exact) mass is 451 g/mol. The highest BCUT2D eigenvalue weighted by molar-refractivity contribution is 8.26. The average Bonchev–Trinajstić information content (AvgIpc) is 3.22. The van der Waals surface area contributed by atoms with Crippen LogP contribution in [0.4, 0.5) is 0 Å². The first-order chi connectivity index (χ1) is 13.8. The second-order valence-corrected chi connectivity index (χ2v) is 8.16. The van der Waals surface area contributed by atoms with Gasteiger partial charge in [0.05, 0.1) is 4.91 Å². The quantitative estimate of drug-likeness (QED) is 0.478. The van der Waals surface area contributed by atoms with Crippen molar-refractivity contribution in [1.82, 2.24) is 4.90 Å². The number of aliphatic carboxylic acids is 2. The number of thiocarbonyl (C=S) groups is 1. The molecule has 1 saturated heterocycles. The molecule has 2 N–H and O–H groups in total. The summed E-state index contributed by atoms with van der Waals surface area (Å²) < 4.78 is 5.80. The zero-order valence-corrected chi connectivity index (χ0v) is 17.1. The lowest BCUT2D eigenvalue weighted by atomic mass is 10.1. The number of furan rings is 1. The van der Waals surface area contributed by atoms with Crippen molar-refractivity contribution in [1.29, 1.82) is 0 Å². The molecule has 0 radical (unpaired) electrons. The van der Waals surface area contributed by atoms with Crippen LogP contribution in [0.2, 0.25) is 5.02 Å². The number of hydrogen-bond acceptors (Lipinski definition) is 6. The van der Waals surface area contributed by atoms with Gasteiger partial charge in [0, 0.05) is 23.1 Å². The molecule has 0 spiro atoms. The van der Waals surface area contributed by atoms with Gasteiger partial charge in [-0.3, -0.25) is 14.5 Å². The molecule has 2 heterocycles. The molecule has 1 amide bonds. The van der Waals surface area contributed by atoms with Crippen LogP contribution in [0.25, 0.3) is 17.4 Å². The number of carbonyl (C=O) groups is 3. The van der Waals surface area contributed by atoms with Gasteiger partial charge in [-0.15, -0.1) is 0 Å². The minimum Gasteiger partial charge on any atom is -0.481 e. The van der Waals surface area contributed by atoms with E-state index in [2.05, 4.69) is 0 Å². The molecule has 1 aliphatic rings. The van der Waals surface area contributed by atoms with Crippen molar-refractivity contribution < 1.29 is 29.0 Å². The van der Waals surface area contributed by atoms with Gasteiger partial charge in [0.2, 0.25) is 0 Å². The molecule has 1 aromatic heterocycles. The van der Waals surface area contributed by atoms with E-state index in [1.165, 1.54) is 6.08 Å². The molecule has 0 bridgehead atoms. The standard InChI is InChI=1S/C19H14ClNO6S2/c20-11-3-1-10(2-4-11)14-7-5-12(27-14)9-15-17(24)21(19(28)29-15)13(18(25)26)6-8-16(22)23/h1-5,7,9,13H,6,8H2,(H,22,23)(H,25,26)/b15-9+. The number of halogens is 1. The lowest BCUT2D eigenvalue weighted by Gasteiger charge is -2.22. The highest BCUT2D eigenvalue weighted by Gasteiger charge is 2.40. The van der Waals surface area contributed by atoms with Crippen LogP contribution in [0, 0.1) is 0 Å². The van der Waals surface area contributed by atoms with Gasteiger partial charge >= 0.3 is 11.9 Å². The van der Waals surface area contributed by atoms with E-state index in [1.54, 1.807) is 36.4 Å². The normalized spacial score (nSPS) is 16.4. The van der Waals surface area contributed by atoms with Crippen molar-refractivity contribution in [3.8, 4) is 11.3 Å². The van der Waals surface area contributed by atoms with Crippen molar-refractivity contribution in [3.05, 3.63) is 52.1 Å². The van der Waals surface area contributed by atoms with E-state index in [4.69, 9.17) is 33.3 Å². The molecule has 1 aromatic carbocycles. The molecule has 2 aromatic rings. The highest BCUT2D eigenvalue weighted by atomic mass is 35.5. The minimum absolute atomic E-state index is 0.0588. The largest absolute Gasteiger partial charge is 0.481 e. The van der Waals surface area contributed by atoms with E-state index in [0.29, 0.717) is 16.5 Å². The van der Waals surface area contributed by atoms with Gasteiger partial charge in [0.1, 0.15) is 21.9 Å². The summed E-state index contributed by atoms with van der Waals surface area (Å²) in [6.07, 6.45) is 0.844. The van der Waals surface area contributed by atoms with Crippen LogP contribution >= 0.6 is 35.6 Å². The number of thioether (sulfide) groups is 1. The van der Waals surface area contributed by atoms with E-state index in [9.17, 15) is 19.5 Å². The SMILES string of the molecule is O=C(O)CCC(C(=O)O)N1C(=O)/C(=C\c2ccc(-c3ccc(Cl)cc3)o2)SC1=S. The number of benzene rings is 1. The summed E-state index contributed by atoms with van der Waals surface area (Å²) in [6, 6.07) is 9.12. The number of amides is 1. The van der Waals surface area contributed by atoms with Crippen LogP contribution in [-0.2, 0) is 14.4 Å². The lowest BCUT2D eigenvalue weighted by Crippen LogP contribution is -2.44. The Bertz CT molecular complexity index is 1010. The first-order valence-electron chi connectivity index (χ1n) is 8.33. The molecule has 1 aliphatic heterocycles. The molecule has 7 nitrogen and oxygen atoms in total. The molecule has 0 saturated carbocycles. The predicted octanol–water partition coefficient (Wildman–Crippen LogP) is 4.12. The van der Waals surface area contributed by atoms with E-state index >= 15 is 0 Å². The number of hydrogen-bond donors (Lipinski definition) is 2. The van der Waals surface area contributed by atoms with Crippen molar-refractivity contribution in [2.45, 2.75) is 18.9 Å². The third kappa shape index (κ3) is 4.87. The van der Waals surface area contributed by atoms with Crippen LogP contribution < -0.4 is 0 Å². The summed E-state index contributed by atoms with van der Waals surface area (Å²) in [5, 5.41) is 18.8. The summed E-state index contributed by atoms with van der Waals surface area (Å²) in [5.74, 6) is -2.09. The molecule has 29 heavy (non-hydrogen) atoms. The van der Waals surface area contributed by atoms with Crippen LogP contribution in [0.5, 0.6) is 0 Å². The fourth-order valence-electron chi connectivity index (χ4n) is 2.70. The fraction of sp³-hybridized carbons (Fsp3) is 0.158. The van der Waals surface area contributed by atoms with Gasteiger partial charge in [-0.25, -0.2) is 4.79 Å².